The molecule has 2 aliphatic rings. The maximum atomic E-state index is 12.1. The fraction of sp³-hybridized carbons (Fsp3) is 0.400. The van der Waals surface area contributed by atoms with Crippen LogP contribution in [0.3, 0.4) is 0 Å². The summed E-state index contributed by atoms with van der Waals surface area (Å²) in [4.78, 5) is 28.0. The van der Waals surface area contributed by atoms with Crippen molar-refractivity contribution in [1.82, 2.24) is 24.7 Å². The lowest BCUT2D eigenvalue weighted by atomic mass is 10.1. The first kappa shape index (κ1) is 17.4. The minimum atomic E-state index is 0.176. The van der Waals surface area contributed by atoms with Gasteiger partial charge in [0, 0.05) is 37.4 Å². The Morgan fingerprint density at radius 2 is 2.07 bits per heavy atom. The molecule has 8 heteroatoms. The Balaban J connectivity index is 1.39. The topological polar surface area (TPSA) is 75.4 Å². The average Bonchev–Trinajstić information content (AvgIpc) is 3.49. The van der Waals surface area contributed by atoms with Crippen LogP contribution in [0, 0.1) is 5.92 Å². The summed E-state index contributed by atoms with van der Waals surface area (Å²) < 4.78 is 1.90. The van der Waals surface area contributed by atoms with E-state index in [0.717, 1.165) is 55.9 Å². The molecule has 5 rings (SSSR count). The van der Waals surface area contributed by atoms with E-state index in [1.807, 2.05) is 28.8 Å². The first-order chi connectivity index (χ1) is 13.7. The number of anilines is 1. The van der Waals surface area contributed by atoms with E-state index in [9.17, 15) is 4.79 Å². The minimum absolute atomic E-state index is 0.176. The Labute approximate surface area is 167 Å². The summed E-state index contributed by atoms with van der Waals surface area (Å²) in [5.41, 5.74) is 1.60. The molecule has 0 radical (unpaired) electrons. The van der Waals surface area contributed by atoms with E-state index in [1.54, 1.807) is 12.4 Å². The van der Waals surface area contributed by atoms with E-state index < -0.39 is 0 Å². The van der Waals surface area contributed by atoms with Crippen LogP contribution in [-0.2, 0) is 4.79 Å². The van der Waals surface area contributed by atoms with Crippen LogP contribution in [0.4, 0.5) is 5.82 Å². The molecule has 1 saturated heterocycles. The molecule has 1 N–H and O–H groups in total. The number of fused-ring (bicyclic) bond motifs is 1. The van der Waals surface area contributed by atoms with Gasteiger partial charge in [0.15, 0.2) is 5.82 Å². The minimum Gasteiger partial charge on any atom is -0.354 e. The molecule has 0 spiro atoms. The highest BCUT2D eigenvalue weighted by Gasteiger charge is 2.32. The van der Waals surface area contributed by atoms with E-state index in [1.165, 1.54) is 0 Å². The van der Waals surface area contributed by atoms with Crippen molar-refractivity contribution in [2.24, 2.45) is 5.92 Å². The monoisotopic (exact) mass is 396 g/mol. The SMILES string of the molecule is O=C(NC1CCCN(c2ccnc(-c3cnc4ccc(Cl)cn34)n2)C1)C1CC1. The van der Waals surface area contributed by atoms with Crippen molar-refractivity contribution >= 4 is 29.0 Å². The summed E-state index contributed by atoms with van der Waals surface area (Å²) in [6.45, 7) is 1.69. The summed E-state index contributed by atoms with van der Waals surface area (Å²) in [6, 6.07) is 5.78. The van der Waals surface area contributed by atoms with Crippen LogP contribution in [0.1, 0.15) is 25.7 Å². The second-order valence-electron chi connectivity index (χ2n) is 7.53. The summed E-state index contributed by atoms with van der Waals surface area (Å²) in [7, 11) is 0. The van der Waals surface area contributed by atoms with E-state index in [4.69, 9.17) is 16.6 Å². The van der Waals surface area contributed by atoms with E-state index in [-0.39, 0.29) is 17.9 Å². The molecule has 1 amide bonds. The Morgan fingerprint density at radius 3 is 2.93 bits per heavy atom. The van der Waals surface area contributed by atoms with Crippen LogP contribution >= 0.6 is 11.6 Å². The smallest absolute Gasteiger partial charge is 0.223 e. The number of halogens is 1. The zero-order valence-electron chi connectivity index (χ0n) is 15.4. The molecule has 2 fully saturated rings. The second-order valence-corrected chi connectivity index (χ2v) is 7.96. The Bertz CT molecular complexity index is 1030. The number of hydrogen-bond donors (Lipinski definition) is 1. The number of imidazole rings is 1. The Hall–Kier alpha value is -2.67. The molecular weight excluding hydrogens is 376 g/mol. The van der Waals surface area contributed by atoms with Crippen molar-refractivity contribution in [3.8, 4) is 11.5 Å². The number of aromatic nitrogens is 4. The standard InChI is InChI=1S/C20H21ClN6O/c21-14-5-6-17-23-10-16(27(17)11-14)19-22-8-7-18(25-19)26-9-1-2-15(12-26)24-20(28)13-3-4-13/h5-8,10-11,13,15H,1-4,9,12H2,(H,24,28). The Morgan fingerprint density at radius 1 is 1.18 bits per heavy atom. The van der Waals surface area contributed by atoms with Gasteiger partial charge in [-0.3, -0.25) is 9.20 Å². The first-order valence-corrected chi connectivity index (χ1v) is 10.1. The quantitative estimate of drug-likeness (QED) is 0.733. The molecule has 3 aromatic heterocycles. The molecular formula is C20H21ClN6O. The number of amides is 1. The third-order valence-electron chi connectivity index (χ3n) is 5.38. The van der Waals surface area contributed by atoms with Gasteiger partial charge in [0.25, 0.3) is 0 Å². The van der Waals surface area contributed by atoms with E-state index >= 15 is 0 Å². The van der Waals surface area contributed by atoms with Crippen LogP contribution in [0.15, 0.2) is 36.8 Å². The normalized spacial score (nSPS) is 19.8. The highest BCUT2D eigenvalue weighted by atomic mass is 35.5. The average molecular weight is 397 g/mol. The number of pyridine rings is 1. The molecule has 1 saturated carbocycles. The van der Waals surface area contributed by atoms with E-state index in [0.29, 0.717) is 10.8 Å². The number of rotatable bonds is 4. The number of piperidine rings is 1. The second kappa shape index (κ2) is 7.05. The first-order valence-electron chi connectivity index (χ1n) is 9.69. The number of hydrogen-bond acceptors (Lipinski definition) is 5. The van der Waals surface area contributed by atoms with Gasteiger partial charge >= 0.3 is 0 Å². The van der Waals surface area contributed by atoms with Crippen LogP contribution in [-0.4, -0.2) is 44.4 Å². The number of carbonyl (C=O) groups excluding carboxylic acids is 1. The van der Waals surface area contributed by atoms with Crippen molar-refractivity contribution in [2.45, 2.75) is 31.7 Å². The number of carbonyl (C=O) groups is 1. The largest absolute Gasteiger partial charge is 0.354 e. The van der Waals surface area contributed by atoms with Crippen molar-refractivity contribution in [1.29, 1.82) is 0 Å². The lowest BCUT2D eigenvalue weighted by molar-refractivity contribution is -0.123. The lowest BCUT2D eigenvalue weighted by Crippen LogP contribution is -2.48. The number of nitrogens with one attached hydrogen (secondary N) is 1. The van der Waals surface area contributed by atoms with E-state index in [2.05, 4.69) is 20.2 Å². The van der Waals surface area contributed by atoms with Crippen LogP contribution in [0.25, 0.3) is 17.2 Å². The molecule has 28 heavy (non-hydrogen) atoms. The van der Waals surface area contributed by atoms with Gasteiger partial charge in [-0.1, -0.05) is 11.6 Å². The van der Waals surface area contributed by atoms with Crippen molar-refractivity contribution in [3.05, 3.63) is 41.8 Å². The van der Waals surface area contributed by atoms with Crippen LogP contribution in [0.5, 0.6) is 0 Å². The molecule has 1 aliphatic heterocycles. The van der Waals surface area contributed by atoms with Gasteiger partial charge in [-0.15, -0.1) is 0 Å². The van der Waals surface area contributed by atoms with Gasteiger partial charge in [-0.2, -0.15) is 0 Å². The van der Waals surface area contributed by atoms with Gasteiger partial charge in [0.2, 0.25) is 5.91 Å². The van der Waals surface area contributed by atoms with Crippen molar-refractivity contribution in [2.75, 3.05) is 18.0 Å². The highest BCUT2D eigenvalue weighted by molar-refractivity contribution is 6.30. The summed E-state index contributed by atoms with van der Waals surface area (Å²) >= 11 is 6.14. The molecule has 0 aromatic carbocycles. The lowest BCUT2D eigenvalue weighted by Gasteiger charge is -2.34. The summed E-state index contributed by atoms with van der Waals surface area (Å²) in [5, 5.41) is 3.83. The maximum absolute atomic E-state index is 12.1. The summed E-state index contributed by atoms with van der Waals surface area (Å²) in [6.07, 6.45) is 9.45. The molecule has 1 aliphatic carbocycles. The van der Waals surface area contributed by atoms with Gasteiger partial charge in [-0.25, -0.2) is 15.0 Å². The third-order valence-corrected chi connectivity index (χ3v) is 5.60. The predicted molar refractivity (Wildman–Crippen MR) is 107 cm³/mol. The van der Waals surface area contributed by atoms with Gasteiger partial charge in [-0.05, 0) is 43.9 Å². The molecule has 0 bridgehead atoms. The molecule has 1 atom stereocenters. The van der Waals surface area contributed by atoms with Crippen molar-refractivity contribution in [3.63, 3.8) is 0 Å². The number of nitrogens with zero attached hydrogens (tertiary/aromatic N) is 5. The molecule has 7 nitrogen and oxygen atoms in total. The van der Waals surface area contributed by atoms with Gasteiger partial charge in [0.1, 0.15) is 17.2 Å². The Kier molecular flexibility index (Phi) is 4.39. The summed E-state index contributed by atoms with van der Waals surface area (Å²) in [5.74, 6) is 1.92. The predicted octanol–water partition coefficient (Wildman–Crippen LogP) is 2.94. The van der Waals surface area contributed by atoms with Crippen LogP contribution in [0.2, 0.25) is 5.02 Å². The zero-order valence-corrected chi connectivity index (χ0v) is 16.1. The fourth-order valence-electron chi connectivity index (χ4n) is 3.74. The molecule has 144 valence electrons. The highest BCUT2D eigenvalue weighted by Crippen LogP contribution is 2.29. The van der Waals surface area contributed by atoms with Gasteiger partial charge in [0.05, 0.1) is 11.2 Å². The molecule has 1 unspecified atom stereocenters. The third kappa shape index (κ3) is 3.42. The van der Waals surface area contributed by atoms with Crippen LogP contribution < -0.4 is 10.2 Å². The van der Waals surface area contributed by atoms with Gasteiger partial charge < -0.3 is 10.2 Å². The molecule has 3 aromatic rings. The fourth-order valence-corrected chi connectivity index (χ4v) is 3.90. The maximum Gasteiger partial charge on any atom is 0.223 e. The zero-order chi connectivity index (χ0) is 19.1. The molecule has 4 heterocycles. The van der Waals surface area contributed by atoms with Crippen molar-refractivity contribution < 1.29 is 4.79 Å².